The van der Waals surface area contributed by atoms with Gasteiger partial charge in [0.2, 0.25) is 4.77 Å². The van der Waals surface area contributed by atoms with Crippen molar-refractivity contribution < 1.29 is 14.2 Å². The Balaban J connectivity index is 1.74. The molecule has 1 aromatic carbocycles. The van der Waals surface area contributed by atoms with Gasteiger partial charge in [-0.2, -0.15) is 14.9 Å². The lowest BCUT2D eigenvalue weighted by Gasteiger charge is -2.11. The highest BCUT2D eigenvalue weighted by Gasteiger charge is 2.23. The maximum Gasteiger partial charge on any atom is 0.216 e. The van der Waals surface area contributed by atoms with Crippen LogP contribution in [0.1, 0.15) is 56.5 Å². The summed E-state index contributed by atoms with van der Waals surface area (Å²) < 4.78 is 19.0. The molecule has 1 saturated heterocycles. The normalized spacial score (nSPS) is 16.9. The molecule has 27 heavy (non-hydrogen) atoms. The lowest BCUT2D eigenvalue weighted by atomic mass is 10.2. The number of hydrogen-bond donors (Lipinski definition) is 1. The fourth-order valence-electron chi connectivity index (χ4n) is 2.95. The summed E-state index contributed by atoms with van der Waals surface area (Å²) >= 11 is 5.29. The van der Waals surface area contributed by atoms with E-state index in [0.29, 0.717) is 23.0 Å². The van der Waals surface area contributed by atoms with Crippen molar-refractivity contribution in [2.45, 2.75) is 45.1 Å². The third kappa shape index (κ3) is 4.95. The molecule has 1 aromatic heterocycles. The quantitative estimate of drug-likeness (QED) is 0.394. The number of methoxy groups -OCH3 is 1. The largest absolute Gasteiger partial charge is 0.493 e. The highest BCUT2D eigenvalue weighted by Crippen LogP contribution is 2.29. The van der Waals surface area contributed by atoms with Gasteiger partial charge in [0.1, 0.15) is 6.10 Å². The van der Waals surface area contributed by atoms with Gasteiger partial charge in [-0.1, -0.05) is 19.8 Å². The predicted molar refractivity (Wildman–Crippen MR) is 106 cm³/mol. The van der Waals surface area contributed by atoms with Crippen molar-refractivity contribution in [1.29, 1.82) is 0 Å². The van der Waals surface area contributed by atoms with E-state index in [1.165, 1.54) is 6.42 Å². The van der Waals surface area contributed by atoms with E-state index in [4.69, 9.17) is 26.4 Å². The zero-order chi connectivity index (χ0) is 19.1. The highest BCUT2D eigenvalue weighted by molar-refractivity contribution is 7.71. The lowest BCUT2D eigenvalue weighted by molar-refractivity contribution is 0.102. The van der Waals surface area contributed by atoms with Crippen molar-refractivity contribution in [3.05, 3.63) is 34.4 Å². The standard InChI is InChI=1S/C19H26N4O3S/c1-3-4-5-10-25-15-9-8-14(12-17(15)24-2)13-20-23-18(21-22-19(23)27)16-7-6-11-26-16/h8-9,12-13,16H,3-7,10-11H2,1-2H3,(H,22,27)/b20-13-. The topological polar surface area (TPSA) is 73.7 Å². The van der Waals surface area contributed by atoms with Crippen LogP contribution in [0, 0.1) is 4.77 Å². The van der Waals surface area contributed by atoms with Crippen LogP contribution in [-0.2, 0) is 4.74 Å². The minimum absolute atomic E-state index is 0.0662. The number of aromatic nitrogens is 3. The third-order valence-electron chi connectivity index (χ3n) is 4.41. The Hall–Kier alpha value is -2.19. The van der Waals surface area contributed by atoms with E-state index in [1.807, 2.05) is 18.2 Å². The van der Waals surface area contributed by atoms with Gasteiger partial charge in [-0.05, 0) is 55.2 Å². The molecule has 8 heteroatoms. The van der Waals surface area contributed by atoms with Gasteiger partial charge in [0.15, 0.2) is 17.3 Å². The number of benzene rings is 1. The van der Waals surface area contributed by atoms with E-state index in [-0.39, 0.29) is 6.10 Å². The minimum atomic E-state index is -0.0662. The summed E-state index contributed by atoms with van der Waals surface area (Å²) in [4.78, 5) is 0. The Kier molecular flexibility index (Phi) is 7.00. The average Bonchev–Trinajstić information content (AvgIpc) is 3.33. The van der Waals surface area contributed by atoms with Crippen LogP contribution >= 0.6 is 12.2 Å². The first-order valence-electron chi connectivity index (χ1n) is 9.37. The molecule has 1 fully saturated rings. The number of hydrogen-bond acceptors (Lipinski definition) is 6. The second-order valence-corrected chi connectivity index (χ2v) is 6.80. The Morgan fingerprint density at radius 3 is 3.04 bits per heavy atom. The molecule has 1 atom stereocenters. The number of H-pyrrole nitrogens is 1. The summed E-state index contributed by atoms with van der Waals surface area (Å²) in [6.45, 7) is 3.60. The SMILES string of the molecule is CCCCCOc1ccc(/C=N\n2c(C3CCCO3)n[nH]c2=S)cc1OC. The fraction of sp³-hybridized carbons (Fsp3) is 0.526. The summed E-state index contributed by atoms with van der Waals surface area (Å²) in [5.41, 5.74) is 0.883. The molecular weight excluding hydrogens is 364 g/mol. The summed E-state index contributed by atoms with van der Waals surface area (Å²) in [7, 11) is 1.64. The first kappa shape index (κ1) is 19.6. The molecule has 1 unspecified atom stereocenters. The van der Waals surface area contributed by atoms with E-state index < -0.39 is 0 Å². The molecule has 0 radical (unpaired) electrons. The predicted octanol–water partition coefficient (Wildman–Crippen LogP) is 4.25. The van der Waals surface area contributed by atoms with E-state index in [0.717, 1.165) is 43.6 Å². The molecule has 146 valence electrons. The average molecular weight is 391 g/mol. The molecular formula is C19H26N4O3S. The first-order valence-corrected chi connectivity index (χ1v) is 9.78. The van der Waals surface area contributed by atoms with Crippen LogP contribution in [0.2, 0.25) is 0 Å². The molecule has 1 aliphatic heterocycles. The van der Waals surface area contributed by atoms with Crippen molar-refractivity contribution in [2.75, 3.05) is 20.3 Å². The van der Waals surface area contributed by atoms with Crippen LogP contribution in [0.3, 0.4) is 0 Å². The van der Waals surface area contributed by atoms with Crippen molar-refractivity contribution >= 4 is 18.4 Å². The first-order chi connectivity index (χ1) is 13.2. The molecule has 2 heterocycles. The Bertz CT molecular complexity index is 825. The molecule has 0 spiro atoms. The molecule has 7 nitrogen and oxygen atoms in total. The Morgan fingerprint density at radius 1 is 1.41 bits per heavy atom. The molecule has 1 N–H and O–H groups in total. The van der Waals surface area contributed by atoms with Crippen LogP contribution in [0.15, 0.2) is 23.3 Å². The molecule has 3 rings (SSSR count). The van der Waals surface area contributed by atoms with Gasteiger partial charge in [-0.3, -0.25) is 5.10 Å². The van der Waals surface area contributed by atoms with Crippen LogP contribution in [0.4, 0.5) is 0 Å². The van der Waals surface area contributed by atoms with Crippen molar-refractivity contribution in [1.82, 2.24) is 14.9 Å². The number of aromatic amines is 1. The van der Waals surface area contributed by atoms with Crippen LogP contribution in [-0.4, -0.2) is 41.4 Å². The number of unbranched alkanes of at least 4 members (excludes halogenated alkanes) is 2. The maximum absolute atomic E-state index is 5.82. The van der Waals surface area contributed by atoms with Gasteiger partial charge in [0, 0.05) is 6.61 Å². The zero-order valence-corrected chi connectivity index (χ0v) is 16.6. The van der Waals surface area contributed by atoms with Crippen molar-refractivity contribution in [3.63, 3.8) is 0 Å². The van der Waals surface area contributed by atoms with Gasteiger partial charge in [-0.25, -0.2) is 0 Å². The maximum atomic E-state index is 5.82. The van der Waals surface area contributed by atoms with Gasteiger partial charge in [0.05, 0.1) is 19.9 Å². The summed E-state index contributed by atoms with van der Waals surface area (Å²) in [6, 6.07) is 5.74. The molecule has 0 aliphatic carbocycles. The number of nitrogens with one attached hydrogen (secondary N) is 1. The molecule has 1 aliphatic rings. The third-order valence-corrected chi connectivity index (χ3v) is 4.67. The smallest absolute Gasteiger partial charge is 0.216 e. The van der Waals surface area contributed by atoms with Gasteiger partial charge < -0.3 is 14.2 Å². The van der Waals surface area contributed by atoms with Crippen LogP contribution in [0.5, 0.6) is 11.5 Å². The summed E-state index contributed by atoms with van der Waals surface area (Å²) in [5.74, 6) is 2.13. The van der Waals surface area contributed by atoms with Crippen molar-refractivity contribution in [2.24, 2.45) is 5.10 Å². The summed E-state index contributed by atoms with van der Waals surface area (Å²) in [5, 5.41) is 11.6. The lowest BCUT2D eigenvalue weighted by Crippen LogP contribution is -2.05. The van der Waals surface area contributed by atoms with Crippen LogP contribution in [0.25, 0.3) is 0 Å². The van der Waals surface area contributed by atoms with E-state index >= 15 is 0 Å². The highest BCUT2D eigenvalue weighted by atomic mass is 32.1. The monoisotopic (exact) mass is 390 g/mol. The van der Waals surface area contributed by atoms with Crippen molar-refractivity contribution in [3.8, 4) is 11.5 Å². The number of ether oxygens (including phenoxy) is 3. The van der Waals surface area contributed by atoms with E-state index in [9.17, 15) is 0 Å². The van der Waals surface area contributed by atoms with E-state index in [2.05, 4.69) is 22.2 Å². The zero-order valence-electron chi connectivity index (χ0n) is 15.8. The van der Waals surface area contributed by atoms with Gasteiger partial charge in [0.25, 0.3) is 0 Å². The number of rotatable bonds is 9. The van der Waals surface area contributed by atoms with Gasteiger partial charge in [-0.15, -0.1) is 0 Å². The molecule has 0 bridgehead atoms. The minimum Gasteiger partial charge on any atom is -0.493 e. The Labute approximate surface area is 164 Å². The molecule has 0 amide bonds. The van der Waals surface area contributed by atoms with Gasteiger partial charge >= 0.3 is 0 Å². The molecule has 0 saturated carbocycles. The molecule has 2 aromatic rings. The second-order valence-electron chi connectivity index (χ2n) is 6.41. The number of nitrogens with zero attached hydrogens (tertiary/aromatic N) is 3. The second kappa shape index (κ2) is 9.66. The van der Waals surface area contributed by atoms with E-state index in [1.54, 1.807) is 18.0 Å². The Morgan fingerprint density at radius 2 is 2.30 bits per heavy atom. The van der Waals surface area contributed by atoms with Crippen LogP contribution < -0.4 is 9.47 Å². The summed E-state index contributed by atoms with van der Waals surface area (Å²) in [6.07, 6.45) is 6.97. The fourth-order valence-corrected chi connectivity index (χ4v) is 3.13.